The van der Waals surface area contributed by atoms with Gasteiger partial charge in [0.25, 0.3) is 0 Å². The summed E-state index contributed by atoms with van der Waals surface area (Å²) in [7, 11) is 2.07. The van der Waals surface area contributed by atoms with Crippen LogP contribution in [0.1, 0.15) is 22.8 Å². The lowest BCUT2D eigenvalue weighted by Gasteiger charge is -1.96. The van der Waals surface area contributed by atoms with E-state index in [0.717, 1.165) is 55.4 Å². The van der Waals surface area contributed by atoms with Gasteiger partial charge in [0.15, 0.2) is 6.20 Å². The fraction of sp³-hybridized carbons (Fsp3) is 0.0385. The minimum absolute atomic E-state index is 1.05. The normalized spacial score (nSPS) is 12.4. The zero-order valence-corrected chi connectivity index (χ0v) is 17.1. The molecule has 4 N–H and O–H groups in total. The maximum absolute atomic E-state index is 3.60. The predicted molar refractivity (Wildman–Crippen MR) is 123 cm³/mol. The fourth-order valence-corrected chi connectivity index (χ4v) is 4.15. The zero-order chi connectivity index (χ0) is 20.8. The van der Waals surface area contributed by atoms with Crippen molar-refractivity contribution in [2.45, 2.75) is 0 Å². The van der Waals surface area contributed by atoms with Crippen LogP contribution in [0.4, 0.5) is 0 Å². The summed E-state index contributed by atoms with van der Waals surface area (Å²) in [6, 6.07) is 21.1. The number of aromatic nitrogens is 5. The molecule has 0 saturated heterocycles. The molecule has 5 nitrogen and oxygen atoms in total. The third-order valence-corrected chi connectivity index (χ3v) is 5.63. The van der Waals surface area contributed by atoms with Crippen LogP contribution in [0.25, 0.3) is 35.6 Å². The van der Waals surface area contributed by atoms with Crippen LogP contribution in [0, 0.1) is 0 Å². The highest BCUT2D eigenvalue weighted by Gasteiger charge is 2.12. The third-order valence-electron chi connectivity index (χ3n) is 5.63. The zero-order valence-electron chi connectivity index (χ0n) is 17.1. The highest BCUT2D eigenvalue weighted by molar-refractivity contribution is 5.63. The Kier molecular flexibility index (Phi) is 3.93. The van der Waals surface area contributed by atoms with E-state index in [0.29, 0.717) is 0 Å². The molecule has 0 atom stereocenters. The van der Waals surface area contributed by atoms with Gasteiger partial charge in [-0.05, 0) is 72.8 Å². The Labute approximate surface area is 178 Å². The van der Waals surface area contributed by atoms with E-state index in [1.54, 1.807) is 0 Å². The van der Waals surface area contributed by atoms with Crippen LogP contribution in [0.2, 0.25) is 0 Å². The van der Waals surface area contributed by atoms with E-state index in [1.807, 2.05) is 6.07 Å². The van der Waals surface area contributed by atoms with Crippen molar-refractivity contribution in [2.75, 3.05) is 0 Å². The monoisotopic (exact) mass is 404 g/mol. The largest absolute Gasteiger partial charge is 0.355 e. The van der Waals surface area contributed by atoms with Gasteiger partial charge in [-0.15, -0.1) is 0 Å². The van der Waals surface area contributed by atoms with Crippen molar-refractivity contribution in [3.05, 3.63) is 111 Å². The maximum atomic E-state index is 3.60. The number of rotatable bonds is 1. The smallest absolute Gasteiger partial charge is 0.214 e. The van der Waals surface area contributed by atoms with Gasteiger partial charge in [-0.1, -0.05) is 0 Å². The summed E-state index contributed by atoms with van der Waals surface area (Å²) < 4.78 is 2.14. The molecule has 8 bridgehead atoms. The number of nitrogens with one attached hydrogen (secondary N) is 4. The Morgan fingerprint density at radius 2 is 1.19 bits per heavy atom. The first kappa shape index (κ1) is 17.6. The summed E-state index contributed by atoms with van der Waals surface area (Å²) in [6.45, 7) is 0. The molecule has 0 aliphatic carbocycles. The van der Waals surface area contributed by atoms with Crippen molar-refractivity contribution >= 4 is 24.3 Å². The van der Waals surface area contributed by atoms with E-state index in [9.17, 15) is 0 Å². The Bertz CT molecular complexity index is 1650. The predicted octanol–water partition coefficient (Wildman–Crippen LogP) is 1.12. The second kappa shape index (κ2) is 6.92. The average Bonchev–Trinajstić information content (AvgIpc) is 3.53. The fourth-order valence-electron chi connectivity index (χ4n) is 4.15. The molecule has 0 spiro atoms. The number of pyridine rings is 1. The van der Waals surface area contributed by atoms with Crippen LogP contribution in [-0.2, 0) is 7.05 Å². The molecule has 6 rings (SSSR count). The van der Waals surface area contributed by atoms with Crippen LogP contribution in [0.3, 0.4) is 0 Å². The molecule has 0 saturated carbocycles. The van der Waals surface area contributed by atoms with Crippen molar-refractivity contribution in [1.29, 1.82) is 0 Å². The van der Waals surface area contributed by atoms with Gasteiger partial charge in [0.05, 0.1) is 10.9 Å². The van der Waals surface area contributed by atoms with Crippen molar-refractivity contribution < 1.29 is 4.57 Å². The van der Waals surface area contributed by atoms with E-state index in [2.05, 4.69) is 117 Å². The molecule has 6 heterocycles. The van der Waals surface area contributed by atoms with Gasteiger partial charge in [0.1, 0.15) is 7.05 Å². The van der Waals surface area contributed by atoms with Gasteiger partial charge in [-0.2, -0.15) is 0 Å². The van der Waals surface area contributed by atoms with Gasteiger partial charge in [0.2, 0.25) is 5.69 Å². The maximum Gasteiger partial charge on any atom is 0.214 e. The molecule has 0 radical (unpaired) electrons. The molecule has 1 aliphatic heterocycles. The van der Waals surface area contributed by atoms with Gasteiger partial charge in [0, 0.05) is 51.0 Å². The quantitative estimate of drug-likeness (QED) is 0.297. The van der Waals surface area contributed by atoms with E-state index in [4.69, 9.17) is 0 Å². The molecular weight excluding hydrogens is 382 g/mol. The summed E-state index contributed by atoms with van der Waals surface area (Å²) in [4.78, 5) is 14.0. The molecule has 5 aromatic rings. The number of hydrogen-bond acceptors (Lipinski definition) is 0. The van der Waals surface area contributed by atoms with E-state index >= 15 is 0 Å². The van der Waals surface area contributed by atoms with E-state index in [-0.39, 0.29) is 0 Å². The van der Waals surface area contributed by atoms with Gasteiger partial charge in [-0.25, -0.2) is 4.57 Å². The molecule has 0 amide bonds. The number of aryl methyl sites for hydroxylation is 1. The average molecular weight is 404 g/mol. The first-order valence-corrected chi connectivity index (χ1v) is 10.3. The van der Waals surface area contributed by atoms with Crippen LogP contribution < -0.4 is 26.0 Å². The second-order valence-corrected chi connectivity index (χ2v) is 7.93. The second-order valence-electron chi connectivity index (χ2n) is 7.93. The van der Waals surface area contributed by atoms with Crippen molar-refractivity contribution in [3.63, 3.8) is 0 Å². The summed E-state index contributed by atoms with van der Waals surface area (Å²) in [5.41, 5.74) is 6.52. The lowest BCUT2D eigenvalue weighted by molar-refractivity contribution is -0.660. The Balaban J connectivity index is 1.64. The van der Waals surface area contributed by atoms with Crippen molar-refractivity contribution in [1.82, 2.24) is 19.9 Å². The molecule has 0 fully saturated rings. The van der Waals surface area contributed by atoms with E-state index in [1.165, 1.54) is 0 Å². The highest BCUT2D eigenvalue weighted by atomic mass is 14.9. The van der Waals surface area contributed by atoms with E-state index < -0.39 is 0 Å². The van der Waals surface area contributed by atoms with Crippen LogP contribution >= 0.6 is 0 Å². The first-order valence-electron chi connectivity index (χ1n) is 10.3. The molecule has 0 aromatic carbocycles. The number of hydrogen-bond donors (Lipinski definition) is 4. The topological polar surface area (TPSA) is 67.0 Å². The van der Waals surface area contributed by atoms with Gasteiger partial charge >= 0.3 is 0 Å². The third kappa shape index (κ3) is 3.36. The Morgan fingerprint density at radius 3 is 1.84 bits per heavy atom. The molecule has 150 valence electrons. The highest BCUT2D eigenvalue weighted by Crippen LogP contribution is 2.10. The first-order chi connectivity index (χ1) is 15.2. The summed E-state index contributed by atoms with van der Waals surface area (Å²) in [6.07, 6.45) is 10.6. The number of fused-ring (bicyclic) bond motifs is 8. The summed E-state index contributed by atoms with van der Waals surface area (Å²) in [5, 5.41) is 4.23. The lowest BCUT2D eigenvalue weighted by atomic mass is 10.1. The number of H-pyrrole nitrogens is 4. The Morgan fingerprint density at radius 1 is 0.581 bits per heavy atom. The van der Waals surface area contributed by atoms with Crippen molar-refractivity contribution in [2.24, 2.45) is 7.05 Å². The Hall–Kier alpha value is -4.25. The number of aromatic amines is 4. The molecule has 31 heavy (non-hydrogen) atoms. The van der Waals surface area contributed by atoms with Crippen molar-refractivity contribution in [3.8, 4) is 11.3 Å². The van der Waals surface area contributed by atoms with Crippen LogP contribution in [0.5, 0.6) is 0 Å². The molecule has 1 aliphatic rings. The minimum Gasteiger partial charge on any atom is -0.355 e. The molecule has 5 aromatic heterocycles. The standard InChI is InChI=1S/C26H21N5/c1-31-11-3-2-4-26(31)24-15-23-14-21-8-7-19(28-21)12-17-5-6-18(27-17)13-20-9-10-22(29-20)16-25(24)30-23/h2-16H,1H3,(H3,27,28,29,30)/p+1. The minimum atomic E-state index is 1.05. The molecular formula is C26H22N5+. The summed E-state index contributed by atoms with van der Waals surface area (Å²) in [5.74, 6) is 0. The van der Waals surface area contributed by atoms with Gasteiger partial charge < -0.3 is 19.9 Å². The van der Waals surface area contributed by atoms with Gasteiger partial charge in [-0.3, -0.25) is 0 Å². The number of nitrogens with zero attached hydrogens (tertiary/aromatic N) is 1. The molecule has 0 unspecified atom stereocenters. The SMILES string of the molecule is C[n+]1ccccc1-c1cc2[nH]c1=Cc1ccc([nH]1)C=c1ccc([nH]1)=Cc1ccc([nH]1)C=2. The molecule has 5 heteroatoms. The lowest BCUT2D eigenvalue weighted by Crippen LogP contribution is -2.31. The van der Waals surface area contributed by atoms with Crippen LogP contribution in [0.15, 0.2) is 66.9 Å². The summed E-state index contributed by atoms with van der Waals surface area (Å²) >= 11 is 0. The van der Waals surface area contributed by atoms with Crippen LogP contribution in [-0.4, -0.2) is 19.9 Å².